The summed E-state index contributed by atoms with van der Waals surface area (Å²) in [5, 5.41) is 0. The van der Waals surface area contributed by atoms with Gasteiger partial charge in [0, 0.05) is 19.0 Å². The van der Waals surface area contributed by atoms with E-state index in [2.05, 4.69) is 60.7 Å². The van der Waals surface area contributed by atoms with Gasteiger partial charge in [-0.2, -0.15) is 49.8 Å². The zero-order valence-corrected chi connectivity index (χ0v) is 23.1. The lowest BCUT2D eigenvalue weighted by molar-refractivity contribution is -0.122. The molecule has 0 radical (unpaired) electrons. The van der Waals surface area contributed by atoms with Crippen LogP contribution in [0.15, 0.2) is 0 Å². The molecule has 0 bridgehead atoms. The molecule has 1 aliphatic rings. The van der Waals surface area contributed by atoms with E-state index >= 15 is 0 Å². The Bertz CT molecular complexity index is 455. The molecule has 1 rings (SSSR count). The van der Waals surface area contributed by atoms with E-state index in [1.807, 2.05) is 0 Å². The fourth-order valence-electron chi connectivity index (χ4n) is 4.54. The molecule has 37 heavy (non-hydrogen) atoms. The fourth-order valence-corrected chi connectivity index (χ4v) is 4.54. The molecule has 1 saturated heterocycles. The number of carbonyl (C=O) groups excluding carboxylic acids is 1. The van der Waals surface area contributed by atoms with Gasteiger partial charge in [-0.25, -0.2) is 10.9 Å². The van der Waals surface area contributed by atoms with Crippen molar-refractivity contribution in [2.45, 2.75) is 128 Å². The summed E-state index contributed by atoms with van der Waals surface area (Å²) in [5.74, 6) is -0.297. The van der Waals surface area contributed by atoms with Crippen molar-refractivity contribution in [3.05, 3.63) is 0 Å². The van der Waals surface area contributed by atoms with Gasteiger partial charge in [-0.1, -0.05) is 109 Å². The molecule has 0 saturated carbocycles. The lowest BCUT2D eigenvalue weighted by Crippen LogP contribution is -2.66. The van der Waals surface area contributed by atoms with Crippen LogP contribution in [0.2, 0.25) is 0 Å². The molecule has 0 spiro atoms. The van der Waals surface area contributed by atoms with E-state index in [0.29, 0.717) is 13.0 Å². The summed E-state index contributed by atoms with van der Waals surface area (Å²) < 4.78 is 0. The Balaban J connectivity index is 2.15. The molecule has 0 aromatic rings. The van der Waals surface area contributed by atoms with Crippen molar-refractivity contribution >= 4 is 5.91 Å². The average molecular weight is 531 g/mol. The Kier molecular flexibility index (Phi) is 25.8. The first kappa shape index (κ1) is 34.1. The topological polar surface area (TPSA) is 175 Å². The van der Waals surface area contributed by atoms with Crippen molar-refractivity contribution in [3.63, 3.8) is 0 Å². The van der Waals surface area contributed by atoms with E-state index in [-0.39, 0.29) is 11.8 Å². The van der Waals surface area contributed by atoms with Crippen LogP contribution in [0.3, 0.4) is 0 Å². The Morgan fingerprint density at radius 3 is 1.14 bits per heavy atom. The molecule has 1 amide bonds. The molecular weight excluding hydrogens is 472 g/mol. The normalized spacial score (nSPS) is 24.9. The Labute approximate surface area is 224 Å². The van der Waals surface area contributed by atoms with Gasteiger partial charge in [0.15, 0.2) is 0 Å². The molecule has 1 aliphatic heterocycles. The zero-order chi connectivity index (χ0) is 26.5. The second-order valence-electron chi connectivity index (χ2n) is 10.0. The van der Waals surface area contributed by atoms with Gasteiger partial charge in [-0.15, -0.1) is 0 Å². The number of hydrogen-bond acceptors (Lipinski definition) is 12. The molecule has 0 aromatic carbocycles. The van der Waals surface area contributed by atoms with Crippen LogP contribution in [0, 0.1) is 5.92 Å². The maximum absolute atomic E-state index is 11.7. The van der Waals surface area contributed by atoms with Crippen LogP contribution < -0.4 is 66.4 Å². The van der Waals surface area contributed by atoms with Crippen LogP contribution >= 0.6 is 0 Å². The van der Waals surface area contributed by atoms with Gasteiger partial charge in [0.05, 0.1) is 0 Å². The smallest absolute Gasteiger partial charge is 0.220 e. The largest absolute Gasteiger partial charge is 0.369 e. The maximum Gasteiger partial charge on any atom is 0.220 e. The molecule has 1 atom stereocenters. The number of hydrogen-bond donors (Lipinski definition) is 12. The molecule has 220 valence electrons. The first-order valence-corrected chi connectivity index (χ1v) is 14.8. The van der Waals surface area contributed by atoms with Gasteiger partial charge in [0.2, 0.25) is 5.91 Å². The second-order valence-corrected chi connectivity index (χ2v) is 10.0. The Hall–Kier alpha value is -0.970. The van der Waals surface area contributed by atoms with Crippen LogP contribution in [-0.4, -0.2) is 19.0 Å². The number of nitrogens with one attached hydrogen (secondary N) is 11. The van der Waals surface area contributed by atoms with Gasteiger partial charge >= 0.3 is 0 Å². The molecule has 1 fully saturated rings. The maximum atomic E-state index is 11.7. The van der Waals surface area contributed by atoms with Crippen molar-refractivity contribution in [3.8, 4) is 0 Å². The van der Waals surface area contributed by atoms with E-state index in [1.165, 1.54) is 103 Å². The van der Waals surface area contributed by atoms with Crippen LogP contribution in [0.1, 0.15) is 128 Å². The lowest BCUT2D eigenvalue weighted by atomic mass is 9.96. The molecule has 0 aromatic heterocycles. The van der Waals surface area contributed by atoms with E-state index in [9.17, 15) is 4.79 Å². The number of hydrazine groups is 10. The van der Waals surface area contributed by atoms with Crippen molar-refractivity contribution in [1.29, 1.82) is 0 Å². The third kappa shape index (κ3) is 25.1. The molecule has 13 N–H and O–H groups in total. The van der Waals surface area contributed by atoms with Gasteiger partial charge < -0.3 is 5.73 Å². The summed E-state index contributed by atoms with van der Waals surface area (Å²) in [4.78, 5) is 11.7. The Morgan fingerprint density at radius 2 is 0.730 bits per heavy atom. The molecule has 1 unspecified atom stereocenters. The van der Waals surface area contributed by atoms with Crippen LogP contribution in [-0.2, 0) is 4.79 Å². The summed E-state index contributed by atoms with van der Waals surface area (Å²) in [6.07, 6.45) is 25.4. The standard InChI is InChI=1S/C24H58N12O/c25-24(37)23-19-17-15-13-11-9-7-5-3-1-2-4-6-8-10-12-14-16-18-21-26-28-30-32-34-36-35-33-31-29-27-22-20-23/h23,26-36H,1-22H2,(H2,25,37). The van der Waals surface area contributed by atoms with E-state index in [0.717, 1.165) is 25.8 Å². The number of amides is 1. The highest BCUT2D eigenvalue weighted by Gasteiger charge is 2.14. The van der Waals surface area contributed by atoms with Gasteiger partial charge in [-0.05, 0) is 19.3 Å². The monoisotopic (exact) mass is 530 g/mol. The van der Waals surface area contributed by atoms with Crippen molar-refractivity contribution in [2.75, 3.05) is 13.1 Å². The van der Waals surface area contributed by atoms with Gasteiger partial charge in [-0.3, -0.25) is 4.79 Å². The highest BCUT2D eigenvalue weighted by molar-refractivity contribution is 5.76. The highest BCUT2D eigenvalue weighted by Crippen LogP contribution is 2.16. The average Bonchev–Trinajstić information content (AvgIpc) is 2.89. The molecule has 13 heteroatoms. The van der Waals surface area contributed by atoms with Crippen LogP contribution in [0.4, 0.5) is 0 Å². The van der Waals surface area contributed by atoms with Gasteiger partial charge in [0.25, 0.3) is 0 Å². The molecule has 13 nitrogen and oxygen atoms in total. The summed E-state index contributed by atoms with van der Waals surface area (Å²) in [5.41, 5.74) is 36.1. The van der Waals surface area contributed by atoms with Crippen molar-refractivity contribution in [1.82, 2.24) is 60.7 Å². The minimum atomic E-state index is -0.209. The molecule has 0 aliphatic carbocycles. The summed E-state index contributed by atoms with van der Waals surface area (Å²) in [6.45, 7) is 1.53. The van der Waals surface area contributed by atoms with Crippen molar-refractivity contribution in [2.24, 2.45) is 11.7 Å². The minimum absolute atomic E-state index is 0.0873. The summed E-state index contributed by atoms with van der Waals surface area (Å²) in [6, 6.07) is 0. The number of rotatable bonds is 1. The molecular formula is C24H58N12O. The third-order valence-electron chi connectivity index (χ3n) is 6.80. The quantitative estimate of drug-likeness (QED) is 0.236. The highest BCUT2D eigenvalue weighted by atomic mass is 16.1. The number of carbonyl (C=O) groups is 1. The first-order chi connectivity index (χ1) is 18.3. The number of primary amides is 1. The van der Waals surface area contributed by atoms with Crippen LogP contribution in [0.25, 0.3) is 0 Å². The second kappa shape index (κ2) is 28.0. The fraction of sp³-hybridized carbons (Fsp3) is 0.958. The summed E-state index contributed by atoms with van der Waals surface area (Å²) >= 11 is 0. The SMILES string of the molecule is NC(=O)C1CCCCCCCCCCCCCCCCCCCCNNNNNNNNNNNCC1. The predicted octanol–water partition coefficient (Wildman–Crippen LogP) is 1.54. The lowest BCUT2D eigenvalue weighted by Gasteiger charge is -2.15. The predicted molar refractivity (Wildman–Crippen MR) is 149 cm³/mol. The van der Waals surface area contributed by atoms with E-state index in [1.54, 1.807) is 0 Å². The third-order valence-corrected chi connectivity index (χ3v) is 6.80. The van der Waals surface area contributed by atoms with Gasteiger partial charge in [0.1, 0.15) is 0 Å². The van der Waals surface area contributed by atoms with E-state index in [4.69, 9.17) is 5.73 Å². The molecule has 1 heterocycles. The van der Waals surface area contributed by atoms with Crippen LogP contribution in [0.5, 0.6) is 0 Å². The van der Waals surface area contributed by atoms with Crippen molar-refractivity contribution < 1.29 is 4.79 Å². The zero-order valence-electron chi connectivity index (χ0n) is 23.1. The van der Waals surface area contributed by atoms with E-state index < -0.39 is 0 Å². The summed E-state index contributed by atoms with van der Waals surface area (Å²) in [7, 11) is 0. The Morgan fingerprint density at radius 1 is 0.405 bits per heavy atom. The first-order valence-electron chi connectivity index (χ1n) is 14.8. The number of nitrogens with two attached hydrogens (primary N) is 1. The minimum Gasteiger partial charge on any atom is -0.369 e.